The zero-order valence-corrected chi connectivity index (χ0v) is 14.8. The SMILES string of the molecule is O=C(CC(c1ccccn1)S(=O)(=O)c1ccccc1)Nc1ccccc1. The summed E-state index contributed by atoms with van der Waals surface area (Å²) in [5, 5.41) is 1.67. The highest BCUT2D eigenvalue weighted by Crippen LogP contribution is 2.31. The maximum Gasteiger partial charge on any atom is 0.226 e. The number of anilines is 1. The van der Waals surface area contributed by atoms with Crippen LogP contribution >= 0.6 is 0 Å². The third-order valence-electron chi connectivity index (χ3n) is 3.89. The van der Waals surface area contributed by atoms with Crippen LogP contribution in [0.5, 0.6) is 0 Å². The van der Waals surface area contributed by atoms with Gasteiger partial charge in [0.1, 0.15) is 5.25 Å². The van der Waals surface area contributed by atoms with E-state index in [2.05, 4.69) is 10.3 Å². The Balaban J connectivity index is 1.91. The normalized spacial score (nSPS) is 12.3. The van der Waals surface area contributed by atoms with Gasteiger partial charge in [0, 0.05) is 18.3 Å². The van der Waals surface area contributed by atoms with E-state index in [0.29, 0.717) is 11.4 Å². The molecule has 1 unspecified atom stereocenters. The Morgan fingerprint density at radius 1 is 0.885 bits per heavy atom. The number of amides is 1. The van der Waals surface area contributed by atoms with Gasteiger partial charge in [0.25, 0.3) is 0 Å². The van der Waals surface area contributed by atoms with Crippen LogP contribution in [-0.2, 0) is 14.6 Å². The molecule has 0 bridgehead atoms. The Kier molecular flexibility index (Phi) is 5.43. The second-order valence-electron chi connectivity index (χ2n) is 5.72. The van der Waals surface area contributed by atoms with E-state index in [-0.39, 0.29) is 17.2 Å². The first-order chi connectivity index (χ1) is 12.6. The Morgan fingerprint density at radius 2 is 1.50 bits per heavy atom. The van der Waals surface area contributed by atoms with Gasteiger partial charge in [0.2, 0.25) is 5.91 Å². The van der Waals surface area contributed by atoms with Gasteiger partial charge in [-0.1, -0.05) is 42.5 Å². The van der Waals surface area contributed by atoms with Crippen molar-refractivity contribution in [2.45, 2.75) is 16.6 Å². The molecule has 0 spiro atoms. The lowest BCUT2D eigenvalue weighted by molar-refractivity contribution is -0.116. The highest BCUT2D eigenvalue weighted by Gasteiger charge is 2.32. The molecule has 6 heteroatoms. The Bertz CT molecular complexity index is 960. The molecule has 1 heterocycles. The third-order valence-corrected chi connectivity index (χ3v) is 5.98. The van der Waals surface area contributed by atoms with Crippen LogP contribution in [0.1, 0.15) is 17.4 Å². The lowest BCUT2D eigenvalue weighted by Gasteiger charge is -2.17. The lowest BCUT2D eigenvalue weighted by atomic mass is 10.2. The Labute approximate surface area is 152 Å². The van der Waals surface area contributed by atoms with Gasteiger partial charge < -0.3 is 5.32 Å². The van der Waals surface area contributed by atoms with Crippen molar-refractivity contribution in [1.82, 2.24) is 4.98 Å². The first-order valence-electron chi connectivity index (χ1n) is 8.12. The maximum atomic E-state index is 13.1. The first-order valence-corrected chi connectivity index (χ1v) is 9.67. The van der Waals surface area contributed by atoms with E-state index in [9.17, 15) is 13.2 Å². The number of nitrogens with zero attached hydrogens (tertiary/aromatic N) is 1. The first kappa shape index (κ1) is 17.8. The molecule has 26 heavy (non-hydrogen) atoms. The summed E-state index contributed by atoms with van der Waals surface area (Å²) < 4.78 is 26.2. The summed E-state index contributed by atoms with van der Waals surface area (Å²) in [5.74, 6) is -0.383. The zero-order valence-electron chi connectivity index (χ0n) is 13.9. The van der Waals surface area contributed by atoms with Crippen molar-refractivity contribution < 1.29 is 13.2 Å². The number of para-hydroxylation sites is 1. The lowest BCUT2D eigenvalue weighted by Crippen LogP contribution is -2.22. The van der Waals surface area contributed by atoms with Gasteiger partial charge in [-0.2, -0.15) is 0 Å². The highest BCUT2D eigenvalue weighted by molar-refractivity contribution is 7.91. The van der Waals surface area contributed by atoms with Crippen molar-refractivity contribution >= 4 is 21.4 Å². The number of hydrogen-bond donors (Lipinski definition) is 1. The molecule has 0 aliphatic rings. The minimum Gasteiger partial charge on any atom is -0.326 e. The fraction of sp³-hybridized carbons (Fsp3) is 0.100. The van der Waals surface area contributed by atoms with Crippen LogP contribution in [0.3, 0.4) is 0 Å². The van der Waals surface area contributed by atoms with Crippen molar-refractivity contribution in [3.05, 3.63) is 90.8 Å². The van der Waals surface area contributed by atoms with Gasteiger partial charge in [0.15, 0.2) is 9.84 Å². The summed E-state index contributed by atoms with van der Waals surface area (Å²) in [6.45, 7) is 0. The van der Waals surface area contributed by atoms with E-state index in [0.717, 1.165) is 0 Å². The fourth-order valence-corrected chi connectivity index (χ4v) is 4.31. The molecule has 3 rings (SSSR count). The summed E-state index contributed by atoms with van der Waals surface area (Å²) in [4.78, 5) is 16.8. The van der Waals surface area contributed by atoms with Gasteiger partial charge in [-0.25, -0.2) is 8.42 Å². The molecule has 1 aromatic heterocycles. The molecule has 1 amide bonds. The van der Waals surface area contributed by atoms with E-state index >= 15 is 0 Å². The van der Waals surface area contributed by atoms with E-state index in [1.165, 1.54) is 18.3 Å². The van der Waals surface area contributed by atoms with Crippen LogP contribution in [-0.4, -0.2) is 19.3 Å². The number of pyridine rings is 1. The van der Waals surface area contributed by atoms with E-state index in [1.54, 1.807) is 60.7 Å². The molecule has 0 aliphatic heterocycles. The average Bonchev–Trinajstić information content (AvgIpc) is 2.68. The molecule has 0 saturated heterocycles. The van der Waals surface area contributed by atoms with E-state index < -0.39 is 15.1 Å². The molecular formula is C20H18N2O3S. The summed E-state index contributed by atoms with van der Waals surface area (Å²) >= 11 is 0. The number of carbonyl (C=O) groups is 1. The number of rotatable bonds is 6. The van der Waals surface area contributed by atoms with Crippen molar-refractivity contribution in [2.75, 3.05) is 5.32 Å². The second kappa shape index (κ2) is 7.93. The van der Waals surface area contributed by atoms with Crippen LogP contribution in [0.15, 0.2) is 90.0 Å². The number of hydrogen-bond acceptors (Lipinski definition) is 4. The van der Waals surface area contributed by atoms with E-state index in [1.807, 2.05) is 6.07 Å². The molecule has 3 aromatic rings. The number of sulfone groups is 1. The van der Waals surface area contributed by atoms with Gasteiger partial charge in [-0.3, -0.25) is 9.78 Å². The van der Waals surface area contributed by atoms with Crippen molar-refractivity contribution in [1.29, 1.82) is 0 Å². The third kappa shape index (κ3) is 4.15. The highest BCUT2D eigenvalue weighted by atomic mass is 32.2. The van der Waals surface area contributed by atoms with Crippen LogP contribution in [0.2, 0.25) is 0 Å². The van der Waals surface area contributed by atoms with Gasteiger partial charge in [0.05, 0.1) is 10.6 Å². The van der Waals surface area contributed by atoms with Crippen molar-refractivity contribution in [3.8, 4) is 0 Å². The van der Waals surface area contributed by atoms with Crippen LogP contribution in [0.4, 0.5) is 5.69 Å². The summed E-state index contributed by atoms with van der Waals surface area (Å²) in [7, 11) is -3.76. The summed E-state index contributed by atoms with van der Waals surface area (Å²) in [6, 6.07) is 22.1. The fourth-order valence-electron chi connectivity index (χ4n) is 2.62. The number of nitrogens with one attached hydrogen (secondary N) is 1. The smallest absolute Gasteiger partial charge is 0.226 e. The van der Waals surface area contributed by atoms with Gasteiger partial charge >= 0.3 is 0 Å². The maximum absolute atomic E-state index is 13.1. The van der Waals surface area contributed by atoms with Crippen LogP contribution < -0.4 is 5.32 Å². The predicted molar refractivity (Wildman–Crippen MR) is 100 cm³/mol. The van der Waals surface area contributed by atoms with Crippen LogP contribution in [0.25, 0.3) is 0 Å². The number of carbonyl (C=O) groups excluding carboxylic acids is 1. The van der Waals surface area contributed by atoms with Gasteiger partial charge in [-0.05, 0) is 36.4 Å². The molecule has 5 nitrogen and oxygen atoms in total. The molecule has 0 fully saturated rings. The minimum absolute atomic E-state index is 0.170. The zero-order chi connectivity index (χ0) is 18.4. The monoisotopic (exact) mass is 366 g/mol. The standard InChI is InChI=1S/C20H18N2O3S/c23-20(22-16-9-3-1-4-10-16)15-19(18-13-7-8-14-21-18)26(24,25)17-11-5-2-6-12-17/h1-14,19H,15H2,(H,22,23). The summed E-state index contributed by atoms with van der Waals surface area (Å²) in [5.41, 5.74) is 0.967. The molecule has 132 valence electrons. The van der Waals surface area contributed by atoms with E-state index in [4.69, 9.17) is 0 Å². The molecule has 0 saturated carbocycles. The van der Waals surface area contributed by atoms with Gasteiger partial charge in [-0.15, -0.1) is 0 Å². The predicted octanol–water partition coefficient (Wildman–Crippen LogP) is 3.63. The van der Waals surface area contributed by atoms with Crippen molar-refractivity contribution in [3.63, 3.8) is 0 Å². The Hall–Kier alpha value is -2.99. The largest absolute Gasteiger partial charge is 0.326 e. The summed E-state index contributed by atoms with van der Waals surface area (Å²) in [6.07, 6.45) is 1.31. The molecule has 0 radical (unpaired) electrons. The molecule has 2 aromatic carbocycles. The topological polar surface area (TPSA) is 76.1 Å². The minimum atomic E-state index is -3.76. The molecule has 1 N–H and O–H groups in total. The van der Waals surface area contributed by atoms with Crippen molar-refractivity contribution in [2.24, 2.45) is 0 Å². The number of benzene rings is 2. The number of aromatic nitrogens is 1. The molecule has 0 aliphatic carbocycles. The van der Waals surface area contributed by atoms with Crippen LogP contribution in [0, 0.1) is 0 Å². The quantitative estimate of drug-likeness (QED) is 0.723. The average molecular weight is 366 g/mol. The molecule has 1 atom stereocenters. The second-order valence-corrected chi connectivity index (χ2v) is 7.85. The Morgan fingerprint density at radius 3 is 2.12 bits per heavy atom. The molecular weight excluding hydrogens is 348 g/mol.